The molecule has 134 valence electrons. The SMILES string of the molecule is O=C(NCCOc1ccccc1)Nc1cccc(C#Cc2ccccc2)c1. The van der Waals surface area contributed by atoms with Crippen LogP contribution in [0, 0.1) is 11.8 Å². The van der Waals surface area contributed by atoms with Crippen molar-refractivity contribution in [3.8, 4) is 17.6 Å². The van der Waals surface area contributed by atoms with Crippen LogP contribution in [0.15, 0.2) is 84.9 Å². The third-order valence-corrected chi connectivity index (χ3v) is 3.64. The van der Waals surface area contributed by atoms with E-state index < -0.39 is 0 Å². The summed E-state index contributed by atoms with van der Waals surface area (Å²) in [4.78, 5) is 12.0. The lowest BCUT2D eigenvalue weighted by Crippen LogP contribution is -2.32. The second kappa shape index (κ2) is 9.69. The van der Waals surface area contributed by atoms with Gasteiger partial charge in [0.2, 0.25) is 0 Å². The monoisotopic (exact) mass is 356 g/mol. The summed E-state index contributed by atoms with van der Waals surface area (Å²) in [7, 11) is 0. The molecular formula is C23H20N2O2. The Morgan fingerprint density at radius 3 is 2.26 bits per heavy atom. The summed E-state index contributed by atoms with van der Waals surface area (Å²) in [6, 6.07) is 26.4. The lowest BCUT2D eigenvalue weighted by Gasteiger charge is -2.09. The minimum Gasteiger partial charge on any atom is -0.492 e. The summed E-state index contributed by atoms with van der Waals surface area (Å²) in [5.41, 5.74) is 2.48. The van der Waals surface area contributed by atoms with Gasteiger partial charge in [-0.2, -0.15) is 0 Å². The van der Waals surface area contributed by atoms with E-state index in [4.69, 9.17) is 4.74 Å². The zero-order valence-electron chi connectivity index (χ0n) is 14.8. The molecule has 0 spiro atoms. The largest absolute Gasteiger partial charge is 0.492 e. The van der Waals surface area contributed by atoms with Crippen LogP contribution in [-0.4, -0.2) is 19.2 Å². The van der Waals surface area contributed by atoms with Crippen LogP contribution in [0.5, 0.6) is 5.75 Å². The summed E-state index contributed by atoms with van der Waals surface area (Å²) >= 11 is 0. The molecule has 0 fully saturated rings. The molecule has 2 amide bonds. The number of para-hydroxylation sites is 1. The molecule has 0 radical (unpaired) electrons. The Morgan fingerprint density at radius 1 is 0.815 bits per heavy atom. The first-order chi connectivity index (χ1) is 13.3. The van der Waals surface area contributed by atoms with Gasteiger partial charge in [-0.05, 0) is 42.5 Å². The van der Waals surface area contributed by atoms with E-state index in [2.05, 4.69) is 22.5 Å². The van der Waals surface area contributed by atoms with Crippen molar-refractivity contribution in [3.63, 3.8) is 0 Å². The minimum absolute atomic E-state index is 0.278. The Kier molecular flexibility index (Phi) is 6.49. The molecule has 0 bridgehead atoms. The summed E-state index contributed by atoms with van der Waals surface area (Å²) < 4.78 is 5.54. The second-order valence-corrected chi connectivity index (χ2v) is 5.74. The highest BCUT2D eigenvalue weighted by Gasteiger charge is 2.01. The van der Waals surface area contributed by atoms with Crippen LogP contribution >= 0.6 is 0 Å². The van der Waals surface area contributed by atoms with Crippen molar-refractivity contribution >= 4 is 11.7 Å². The summed E-state index contributed by atoms with van der Waals surface area (Å²) in [6.45, 7) is 0.814. The number of hydrogen-bond donors (Lipinski definition) is 2. The molecule has 3 aromatic rings. The van der Waals surface area contributed by atoms with Crippen molar-refractivity contribution in [1.29, 1.82) is 0 Å². The number of nitrogens with one attached hydrogen (secondary N) is 2. The molecule has 4 nitrogen and oxygen atoms in total. The number of benzene rings is 3. The first kappa shape index (κ1) is 18.1. The summed E-state index contributed by atoms with van der Waals surface area (Å²) in [6.07, 6.45) is 0. The standard InChI is InChI=1S/C23H20N2O2/c26-23(24-16-17-27-22-12-5-2-6-13-22)25-21-11-7-10-20(18-21)15-14-19-8-3-1-4-9-19/h1-13,18H,16-17H2,(H2,24,25,26). The van der Waals surface area contributed by atoms with E-state index in [-0.39, 0.29) is 6.03 Å². The van der Waals surface area contributed by atoms with E-state index in [1.165, 1.54) is 0 Å². The molecule has 0 atom stereocenters. The van der Waals surface area contributed by atoms with E-state index >= 15 is 0 Å². The molecule has 0 saturated carbocycles. The lowest BCUT2D eigenvalue weighted by molar-refractivity contribution is 0.247. The van der Waals surface area contributed by atoms with Crippen molar-refractivity contribution in [2.45, 2.75) is 0 Å². The topological polar surface area (TPSA) is 50.4 Å². The van der Waals surface area contributed by atoms with Crippen molar-refractivity contribution in [2.24, 2.45) is 0 Å². The summed E-state index contributed by atoms with van der Waals surface area (Å²) in [5.74, 6) is 6.99. The maximum atomic E-state index is 12.0. The van der Waals surface area contributed by atoms with E-state index in [0.29, 0.717) is 18.8 Å². The molecule has 0 aromatic heterocycles. The number of amides is 2. The third kappa shape index (κ3) is 6.26. The van der Waals surface area contributed by atoms with Gasteiger partial charge in [0.05, 0.1) is 6.54 Å². The molecule has 0 aliphatic carbocycles. The quantitative estimate of drug-likeness (QED) is 0.529. The Hall–Kier alpha value is -3.71. The number of hydrogen-bond acceptors (Lipinski definition) is 2. The van der Waals surface area contributed by atoms with E-state index in [9.17, 15) is 4.79 Å². The number of ether oxygens (including phenoxy) is 1. The van der Waals surface area contributed by atoms with Crippen molar-refractivity contribution in [2.75, 3.05) is 18.5 Å². The van der Waals surface area contributed by atoms with E-state index in [0.717, 1.165) is 16.9 Å². The van der Waals surface area contributed by atoms with Crippen LogP contribution in [0.3, 0.4) is 0 Å². The molecule has 0 unspecified atom stereocenters. The molecule has 0 saturated heterocycles. The number of carbonyl (C=O) groups is 1. The highest BCUT2D eigenvalue weighted by Crippen LogP contribution is 2.10. The number of urea groups is 1. The van der Waals surface area contributed by atoms with Gasteiger partial charge >= 0.3 is 6.03 Å². The van der Waals surface area contributed by atoms with Gasteiger partial charge in [0.15, 0.2) is 0 Å². The number of anilines is 1. The zero-order chi connectivity index (χ0) is 18.7. The Balaban J connectivity index is 1.47. The lowest BCUT2D eigenvalue weighted by atomic mass is 10.1. The maximum absolute atomic E-state index is 12.0. The zero-order valence-corrected chi connectivity index (χ0v) is 14.8. The predicted octanol–water partition coefficient (Wildman–Crippen LogP) is 4.29. The van der Waals surface area contributed by atoms with Crippen LogP contribution in [0.1, 0.15) is 11.1 Å². The third-order valence-electron chi connectivity index (χ3n) is 3.64. The van der Waals surface area contributed by atoms with Gasteiger partial charge in [0.1, 0.15) is 12.4 Å². The molecule has 3 aromatic carbocycles. The van der Waals surface area contributed by atoms with Gasteiger partial charge in [-0.1, -0.05) is 54.3 Å². The van der Waals surface area contributed by atoms with Crippen molar-refractivity contribution in [3.05, 3.63) is 96.1 Å². The van der Waals surface area contributed by atoms with Gasteiger partial charge in [0, 0.05) is 16.8 Å². The molecule has 0 aliphatic heterocycles. The highest BCUT2D eigenvalue weighted by molar-refractivity contribution is 5.89. The van der Waals surface area contributed by atoms with Crippen LogP contribution in [0.2, 0.25) is 0 Å². The number of carbonyl (C=O) groups excluding carboxylic acids is 1. The van der Waals surface area contributed by atoms with Gasteiger partial charge in [-0.25, -0.2) is 4.79 Å². The second-order valence-electron chi connectivity index (χ2n) is 5.74. The Morgan fingerprint density at radius 2 is 1.48 bits per heavy atom. The van der Waals surface area contributed by atoms with Crippen LogP contribution < -0.4 is 15.4 Å². The fourth-order valence-electron chi connectivity index (χ4n) is 2.37. The minimum atomic E-state index is -0.278. The highest BCUT2D eigenvalue weighted by atomic mass is 16.5. The predicted molar refractivity (Wildman–Crippen MR) is 108 cm³/mol. The van der Waals surface area contributed by atoms with Crippen LogP contribution in [-0.2, 0) is 0 Å². The summed E-state index contributed by atoms with van der Waals surface area (Å²) in [5, 5.41) is 5.57. The fraction of sp³-hybridized carbons (Fsp3) is 0.0870. The smallest absolute Gasteiger partial charge is 0.319 e. The Bertz CT molecular complexity index is 929. The van der Waals surface area contributed by atoms with Gasteiger partial charge < -0.3 is 15.4 Å². The normalized spacial score (nSPS) is 9.63. The van der Waals surface area contributed by atoms with Crippen molar-refractivity contribution in [1.82, 2.24) is 5.32 Å². The van der Waals surface area contributed by atoms with Gasteiger partial charge in [-0.3, -0.25) is 0 Å². The molecule has 0 heterocycles. The van der Waals surface area contributed by atoms with Gasteiger partial charge in [0.25, 0.3) is 0 Å². The average Bonchev–Trinajstić information content (AvgIpc) is 2.72. The maximum Gasteiger partial charge on any atom is 0.319 e. The average molecular weight is 356 g/mol. The van der Waals surface area contributed by atoms with Crippen LogP contribution in [0.4, 0.5) is 10.5 Å². The molecule has 3 rings (SSSR count). The molecular weight excluding hydrogens is 336 g/mol. The van der Waals surface area contributed by atoms with Crippen molar-refractivity contribution < 1.29 is 9.53 Å². The first-order valence-electron chi connectivity index (χ1n) is 8.69. The fourth-order valence-corrected chi connectivity index (χ4v) is 2.37. The molecule has 2 N–H and O–H groups in total. The first-order valence-corrected chi connectivity index (χ1v) is 8.69. The number of rotatable bonds is 5. The molecule has 4 heteroatoms. The van der Waals surface area contributed by atoms with E-state index in [1.807, 2.05) is 84.9 Å². The Labute approximate surface area is 159 Å². The van der Waals surface area contributed by atoms with E-state index in [1.54, 1.807) is 0 Å². The van der Waals surface area contributed by atoms with Crippen LogP contribution in [0.25, 0.3) is 0 Å². The molecule has 0 aliphatic rings. The van der Waals surface area contributed by atoms with Gasteiger partial charge in [-0.15, -0.1) is 0 Å². The molecule has 27 heavy (non-hydrogen) atoms.